The number of anilines is 2. The Morgan fingerprint density at radius 3 is 2.61 bits per heavy atom. The lowest BCUT2D eigenvalue weighted by Crippen LogP contribution is -2.49. The van der Waals surface area contributed by atoms with Crippen LogP contribution < -0.4 is 15.0 Å². The molecule has 0 unspecified atom stereocenters. The Hall–Kier alpha value is -2.80. The normalized spacial score (nSPS) is 13.9. The molecule has 2 heterocycles. The van der Waals surface area contributed by atoms with Crippen LogP contribution in [0.5, 0.6) is 5.75 Å². The Bertz CT molecular complexity index is 823. The number of aromatic nitrogens is 1. The lowest BCUT2D eigenvalue weighted by Gasteiger charge is -2.35. The molecule has 8 heteroatoms. The van der Waals surface area contributed by atoms with Crippen LogP contribution in [0.1, 0.15) is 12.8 Å². The van der Waals surface area contributed by atoms with Gasteiger partial charge >= 0.3 is 0 Å². The van der Waals surface area contributed by atoms with Crippen molar-refractivity contribution in [1.29, 1.82) is 0 Å². The number of rotatable bonds is 6. The first-order chi connectivity index (χ1) is 13.6. The number of halogens is 1. The fourth-order valence-electron chi connectivity index (χ4n) is 3.09. The van der Waals surface area contributed by atoms with E-state index in [0.717, 1.165) is 18.9 Å². The Kier molecular flexibility index (Phi) is 6.71. The van der Waals surface area contributed by atoms with Gasteiger partial charge in [-0.15, -0.1) is 0 Å². The van der Waals surface area contributed by atoms with E-state index >= 15 is 0 Å². The molecule has 1 fully saturated rings. The third-order valence-corrected chi connectivity index (χ3v) is 4.84. The second-order valence-corrected chi connectivity index (χ2v) is 6.88. The van der Waals surface area contributed by atoms with Crippen molar-refractivity contribution in [2.45, 2.75) is 12.8 Å². The van der Waals surface area contributed by atoms with Gasteiger partial charge in [-0.3, -0.25) is 9.59 Å². The van der Waals surface area contributed by atoms with E-state index in [2.05, 4.69) is 15.2 Å². The summed E-state index contributed by atoms with van der Waals surface area (Å²) in [6.07, 6.45) is 2.04. The van der Waals surface area contributed by atoms with Crippen molar-refractivity contribution in [1.82, 2.24) is 9.88 Å². The number of pyridine rings is 1. The molecule has 7 nitrogen and oxygen atoms in total. The third kappa shape index (κ3) is 5.13. The lowest BCUT2D eigenvalue weighted by molar-refractivity contribution is -0.133. The van der Waals surface area contributed by atoms with Crippen LogP contribution in [-0.2, 0) is 9.59 Å². The molecule has 0 radical (unpaired) electrons. The molecule has 0 aliphatic carbocycles. The molecule has 2 aromatic rings. The summed E-state index contributed by atoms with van der Waals surface area (Å²) in [4.78, 5) is 33.0. The van der Waals surface area contributed by atoms with Gasteiger partial charge < -0.3 is 19.9 Å². The quantitative estimate of drug-likeness (QED) is 0.804. The van der Waals surface area contributed by atoms with Gasteiger partial charge in [-0.25, -0.2) is 4.98 Å². The zero-order valence-corrected chi connectivity index (χ0v) is 16.5. The number of nitrogens with one attached hydrogen (secondary N) is 1. The minimum absolute atomic E-state index is 0.0196. The van der Waals surface area contributed by atoms with Gasteiger partial charge in [-0.05, 0) is 30.3 Å². The average molecular weight is 403 g/mol. The molecule has 0 atom stereocenters. The molecule has 148 valence electrons. The van der Waals surface area contributed by atoms with E-state index < -0.39 is 0 Å². The summed E-state index contributed by atoms with van der Waals surface area (Å²) in [6, 6.07) is 10.8. The number of hydrogen-bond donors (Lipinski definition) is 1. The minimum Gasteiger partial charge on any atom is -0.495 e. The van der Waals surface area contributed by atoms with Crippen molar-refractivity contribution < 1.29 is 14.3 Å². The number of piperazine rings is 1. The van der Waals surface area contributed by atoms with Crippen molar-refractivity contribution >= 4 is 34.9 Å². The molecular formula is C20H23ClN4O3. The zero-order valence-electron chi connectivity index (χ0n) is 15.7. The van der Waals surface area contributed by atoms with Crippen molar-refractivity contribution in [3.63, 3.8) is 0 Å². The molecule has 1 N–H and O–H groups in total. The average Bonchev–Trinajstić information content (AvgIpc) is 2.73. The molecular weight excluding hydrogens is 380 g/mol. The standard InChI is InChI=1S/C20H23ClN4O3/c1-28-17-6-5-15(21)14-16(17)23-19(26)7-8-20(27)25-12-10-24(11-13-25)18-4-2-3-9-22-18/h2-6,9,14H,7-8,10-13H2,1H3,(H,23,26). The maximum Gasteiger partial charge on any atom is 0.224 e. The van der Waals surface area contributed by atoms with E-state index in [1.165, 1.54) is 7.11 Å². The molecule has 0 spiro atoms. The topological polar surface area (TPSA) is 74.8 Å². The highest BCUT2D eigenvalue weighted by Crippen LogP contribution is 2.27. The second kappa shape index (κ2) is 9.41. The van der Waals surface area contributed by atoms with Crippen LogP contribution in [0.2, 0.25) is 5.02 Å². The van der Waals surface area contributed by atoms with Gasteiger partial charge in [0.1, 0.15) is 11.6 Å². The number of nitrogens with zero attached hydrogens (tertiary/aromatic N) is 3. The molecule has 1 aliphatic heterocycles. The van der Waals surface area contributed by atoms with E-state index in [-0.39, 0.29) is 24.7 Å². The SMILES string of the molecule is COc1ccc(Cl)cc1NC(=O)CCC(=O)N1CCN(c2ccccn2)CC1. The van der Waals surface area contributed by atoms with Crippen LogP contribution in [0, 0.1) is 0 Å². The maximum atomic E-state index is 12.4. The van der Waals surface area contributed by atoms with Gasteiger partial charge in [-0.2, -0.15) is 0 Å². The summed E-state index contributed by atoms with van der Waals surface area (Å²) >= 11 is 5.97. The Balaban J connectivity index is 1.46. The third-order valence-electron chi connectivity index (χ3n) is 4.61. The molecule has 1 aromatic carbocycles. The van der Waals surface area contributed by atoms with Crippen molar-refractivity contribution in [2.24, 2.45) is 0 Å². The highest BCUT2D eigenvalue weighted by atomic mass is 35.5. The maximum absolute atomic E-state index is 12.4. The number of methoxy groups -OCH3 is 1. The fraction of sp³-hybridized carbons (Fsp3) is 0.350. The van der Waals surface area contributed by atoms with Crippen LogP contribution in [0.4, 0.5) is 11.5 Å². The summed E-state index contributed by atoms with van der Waals surface area (Å²) in [5.41, 5.74) is 0.497. The van der Waals surface area contributed by atoms with Crippen LogP contribution in [0.3, 0.4) is 0 Å². The van der Waals surface area contributed by atoms with Gasteiger partial charge in [-0.1, -0.05) is 17.7 Å². The van der Waals surface area contributed by atoms with E-state index in [1.54, 1.807) is 29.3 Å². The summed E-state index contributed by atoms with van der Waals surface area (Å²) in [7, 11) is 1.52. The van der Waals surface area contributed by atoms with Crippen LogP contribution >= 0.6 is 11.6 Å². The van der Waals surface area contributed by atoms with Gasteiger partial charge in [0.2, 0.25) is 11.8 Å². The summed E-state index contributed by atoms with van der Waals surface area (Å²) < 4.78 is 5.21. The van der Waals surface area contributed by atoms with Crippen molar-refractivity contribution in [3.8, 4) is 5.75 Å². The largest absolute Gasteiger partial charge is 0.495 e. The van der Waals surface area contributed by atoms with Crippen molar-refractivity contribution in [3.05, 3.63) is 47.6 Å². The minimum atomic E-state index is -0.249. The highest BCUT2D eigenvalue weighted by Gasteiger charge is 2.22. The molecule has 1 aromatic heterocycles. The van der Waals surface area contributed by atoms with Gasteiger partial charge in [0.15, 0.2) is 0 Å². The van der Waals surface area contributed by atoms with Crippen molar-refractivity contribution in [2.75, 3.05) is 43.5 Å². The van der Waals surface area contributed by atoms with E-state index in [0.29, 0.717) is 29.5 Å². The molecule has 0 saturated carbocycles. The number of hydrogen-bond acceptors (Lipinski definition) is 5. The Labute approximate surface area is 169 Å². The van der Waals surface area contributed by atoms with Gasteiger partial charge in [0.05, 0.1) is 12.8 Å². The summed E-state index contributed by atoms with van der Waals surface area (Å²) in [5, 5.41) is 3.25. The fourth-order valence-corrected chi connectivity index (χ4v) is 3.27. The predicted molar refractivity (Wildman–Crippen MR) is 109 cm³/mol. The molecule has 1 aliphatic rings. The van der Waals surface area contributed by atoms with E-state index in [4.69, 9.17) is 16.3 Å². The van der Waals surface area contributed by atoms with E-state index in [1.807, 2.05) is 18.2 Å². The molecule has 1 saturated heterocycles. The Morgan fingerprint density at radius 2 is 1.93 bits per heavy atom. The van der Waals surface area contributed by atoms with Crippen LogP contribution in [0.15, 0.2) is 42.6 Å². The number of ether oxygens (including phenoxy) is 1. The van der Waals surface area contributed by atoms with Crippen LogP contribution in [-0.4, -0.2) is 55.0 Å². The first kappa shape index (κ1) is 19.9. The molecule has 3 rings (SSSR count). The Morgan fingerprint density at radius 1 is 1.14 bits per heavy atom. The summed E-state index contributed by atoms with van der Waals surface area (Å²) in [6.45, 7) is 2.71. The predicted octanol–water partition coefficient (Wildman–Crippen LogP) is 2.81. The number of amides is 2. The molecule has 2 amide bonds. The highest BCUT2D eigenvalue weighted by molar-refractivity contribution is 6.31. The lowest BCUT2D eigenvalue weighted by atomic mass is 10.2. The number of benzene rings is 1. The monoisotopic (exact) mass is 402 g/mol. The molecule has 28 heavy (non-hydrogen) atoms. The number of carbonyl (C=O) groups excluding carboxylic acids is 2. The van der Waals surface area contributed by atoms with E-state index in [9.17, 15) is 9.59 Å². The zero-order chi connectivity index (χ0) is 19.9. The summed E-state index contributed by atoms with van der Waals surface area (Å²) in [5.74, 6) is 1.18. The van der Waals surface area contributed by atoms with Gasteiger partial charge in [0.25, 0.3) is 0 Å². The van der Waals surface area contributed by atoms with Crippen LogP contribution in [0.25, 0.3) is 0 Å². The molecule has 0 bridgehead atoms. The smallest absolute Gasteiger partial charge is 0.224 e. The first-order valence-electron chi connectivity index (χ1n) is 9.14. The first-order valence-corrected chi connectivity index (χ1v) is 9.52. The van der Waals surface area contributed by atoms with Gasteiger partial charge in [0, 0.05) is 50.2 Å². The second-order valence-electron chi connectivity index (χ2n) is 6.45. The number of carbonyl (C=O) groups is 2.